The molecule has 19 heavy (non-hydrogen) atoms. The van der Waals surface area contributed by atoms with Gasteiger partial charge in [0.15, 0.2) is 5.84 Å². The highest BCUT2D eigenvalue weighted by atomic mass is 35.5. The van der Waals surface area contributed by atoms with Crippen molar-refractivity contribution < 1.29 is 5.21 Å². The molecule has 6 heteroatoms. The van der Waals surface area contributed by atoms with E-state index in [-0.39, 0.29) is 5.84 Å². The first-order valence-corrected chi connectivity index (χ1v) is 7.82. The molecule has 1 aromatic carbocycles. The standard InChI is InChI=1S/C13H20ClN3OS/c1-4-9(8-19-3)17(2)11-7-5-6-10(14)12(11)13(15)16-18/h5-7,9,18H,4,8H2,1-3H3,(H2,15,16). The zero-order valence-corrected chi connectivity index (χ0v) is 13.0. The first-order valence-electron chi connectivity index (χ1n) is 6.04. The van der Waals surface area contributed by atoms with Gasteiger partial charge in [-0.25, -0.2) is 0 Å². The van der Waals surface area contributed by atoms with Crippen molar-refractivity contribution in [3.05, 3.63) is 28.8 Å². The summed E-state index contributed by atoms with van der Waals surface area (Å²) in [7, 11) is 2.00. The van der Waals surface area contributed by atoms with E-state index in [0.29, 0.717) is 16.6 Å². The number of amidine groups is 1. The normalized spacial score (nSPS) is 13.4. The first-order chi connectivity index (χ1) is 9.06. The number of nitrogens with two attached hydrogens (primary N) is 1. The zero-order chi connectivity index (χ0) is 14.4. The molecule has 0 radical (unpaired) electrons. The Bertz CT molecular complexity index is 454. The number of halogens is 1. The molecule has 0 bridgehead atoms. The maximum absolute atomic E-state index is 8.90. The molecule has 0 saturated heterocycles. The van der Waals surface area contributed by atoms with Crippen molar-refractivity contribution in [2.45, 2.75) is 19.4 Å². The van der Waals surface area contributed by atoms with Crippen molar-refractivity contribution in [2.75, 3.05) is 24.0 Å². The summed E-state index contributed by atoms with van der Waals surface area (Å²) in [4.78, 5) is 2.13. The highest BCUT2D eigenvalue weighted by molar-refractivity contribution is 7.98. The molecule has 1 unspecified atom stereocenters. The Balaban J connectivity index is 3.22. The van der Waals surface area contributed by atoms with E-state index >= 15 is 0 Å². The number of hydrogen-bond acceptors (Lipinski definition) is 4. The zero-order valence-electron chi connectivity index (χ0n) is 11.4. The Hall–Kier alpha value is -1.07. The Morgan fingerprint density at radius 1 is 1.58 bits per heavy atom. The average Bonchev–Trinajstić information content (AvgIpc) is 2.42. The summed E-state index contributed by atoms with van der Waals surface area (Å²) in [6.45, 7) is 2.14. The molecule has 1 atom stereocenters. The molecule has 106 valence electrons. The number of rotatable bonds is 6. The number of benzene rings is 1. The smallest absolute Gasteiger partial charge is 0.173 e. The van der Waals surface area contributed by atoms with Gasteiger partial charge in [0.1, 0.15) is 0 Å². The van der Waals surface area contributed by atoms with E-state index in [0.717, 1.165) is 17.9 Å². The molecule has 0 fully saturated rings. The summed E-state index contributed by atoms with van der Waals surface area (Å²) in [5.41, 5.74) is 7.19. The fourth-order valence-corrected chi connectivity index (χ4v) is 3.11. The van der Waals surface area contributed by atoms with Gasteiger partial charge in [0.2, 0.25) is 0 Å². The third-order valence-corrected chi connectivity index (χ3v) is 4.15. The van der Waals surface area contributed by atoms with Crippen LogP contribution >= 0.6 is 23.4 Å². The molecule has 0 spiro atoms. The van der Waals surface area contributed by atoms with Gasteiger partial charge in [-0.05, 0) is 24.8 Å². The van der Waals surface area contributed by atoms with Gasteiger partial charge >= 0.3 is 0 Å². The summed E-state index contributed by atoms with van der Waals surface area (Å²) in [5.74, 6) is 1.04. The van der Waals surface area contributed by atoms with Gasteiger partial charge in [0.25, 0.3) is 0 Å². The Kier molecular flexibility index (Phi) is 6.31. The van der Waals surface area contributed by atoms with E-state index < -0.39 is 0 Å². The number of thioether (sulfide) groups is 1. The van der Waals surface area contributed by atoms with Gasteiger partial charge in [-0.1, -0.05) is 29.7 Å². The molecule has 0 aromatic heterocycles. The summed E-state index contributed by atoms with van der Waals surface area (Å²) >= 11 is 7.96. The van der Waals surface area contributed by atoms with Crippen LogP contribution in [-0.4, -0.2) is 36.1 Å². The van der Waals surface area contributed by atoms with E-state index in [1.165, 1.54) is 0 Å². The molecular weight excluding hydrogens is 282 g/mol. The van der Waals surface area contributed by atoms with Crippen LogP contribution in [0.3, 0.4) is 0 Å². The van der Waals surface area contributed by atoms with E-state index in [1.807, 2.05) is 19.2 Å². The van der Waals surface area contributed by atoms with Crippen molar-refractivity contribution in [1.82, 2.24) is 0 Å². The number of anilines is 1. The Morgan fingerprint density at radius 3 is 2.79 bits per heavy atom. The Labute approximate surface area is 123 Å². The lowest BCUT2D eigenvalue weighted by Crippen LogP contribution is -2.35. The van der Waals surface area contributed by atoms with E-state index in [9.17, 15) is 0 Å². The van der Waals surface area contributed by atoms with Gasteiger partial charge in [-0.15, -0.1) is 0 Å². The fourth-order valence-electron chi connectivity index (χ4n) is 2.00. The molecule has 3 N–H and O–H groups in total. The van der Waals surface area contributed by atoms with Crippen LogP contribution in [0, 0.1) is 0 Å². The van der Waals surface area contributed by atoms with Crippen LogP contribution in [0.15, 0.2) is 23.4 Å². The average molecular weight is 302 g/mol. The highest BCUT2D eigenvalue weighted by Crippen LogP contribution is 2.29. The quantitative estimate of drug-likeness (QED) is 0.367. The van der Waals surface area contributed by atoms with Gasteiger partial charge < -0.3 is 15.8 Å². The maximum atomic E-state index is 8.90. The predicted molar refractivity (Wildman–Crippen MR) is 84.8 cm³/mol. The van der Waals surface area contributed by atoms with Crippen LogP contribution in [-0.2, 0) is 0 Å². The first kappa shape index (κ1) is 16.0. The van der Waals surface area contributed by atoms with Crippen LogP contribution in [0.5, 0.6) is 0 Å². The Morgan fingerprint density at radius 2 is 2.26 bits per heavy atom. The maximum Gasteiger partial charge on any atom is 0.173 e. The summed E-state index contributed by atoms with van der Waals surface area (Å²) in [5, 5.41) is 12.5. The third-order valence-electron chi connectivity index (χ3n) is 3.11. The summed E-state index contributed by atoms with van der Waals surface area (Å²) < 4.78 is 0. The van der Waals surface area contributed by atoms with Crippen molar-refractivity contribution >= 4 is 34.9 Å². The molecular formula is C13H20ClN3OS. The summed E-state index contributed by atoms with van der Waals surface area (Å²) in [6, 6.07) is 5.91. The van der Waals surface area contributed by atoms with Crippen molar-refractivity contribution in [3.63, 3.8) is 0 Å². The van der Waals surface area contributed by atoms with Crippen LogP contribution in [0.4, 0.5) is 5.69 Å². The SMILES string of the molecule is CCC(CSC)N(C)c1cccc(Cl)c1/C(N)=N/O. The monoisotopic (exact) mass is 301 g/mol. The lowest BCUT2D eigenvalue weighted by molar-refractivity contribution is 0.318. The van der Waals surface area contributed by atoms with Crippen molar-refractivity contribution in [1.29, 1.82) is 0 Å². The van der Waals surface area contributed by atoms with Crippen molar-refractivity contribution in [2.24, 2.45) is 10.9 Å². The molecule has 1 rings (SSSR count). The second-order valence-electron chi connectivity index (χ2n) is 4.25. The minimum atomic E-state index is 0.0338. The van der Waals surface area contributed by atoms with Gasteiger partial charge in [-0.2, -0.15) is 11.8 Å². The second kappa shape index (κ2) is 7.50. The second-order valence-corrected chi connectivity index (χ2v) is 5.57. The van der Waals surface area contributed by atoms with Crippen LogP contribution in [0.25, 0.3) is 0 Å². The molecule has 0 saturated carbocycles. The molecule has 1 aromatic rings. The molecule has 0 aliphatic heterocycles. The minimum absolute atomic E-state index is 0.0338. The van der Waals surface area contributed by atoms with E-state index in [2.05, 4.69) is 23.2 Å². The lowest BCUT2D eigenvalue weighted by atomic mass is 10.1. The number of nitrogens with zero attached hydrogens (tertiary/aromatic N) is 2. The van der Waals surface area contributed by atoms with Gasteiger partial charge in [0.05, 0.1) is 10.6 Å². The number of oxime groups is 1. The van der Waals surface area contributed by atoms with E-state index in [1.54, 1.807) is 17.8 Å². The van der Waals surface area contributed by atoms with Crippen LogP contribution in [0.2, 0.25) is 5.02 Å². The minimum Gasteiger partial charge on any atom is -0.409 e. The van der Waals surface area contributed by atoms with Gasteiger partial charge in [-0.3, -0.25) is 0 Å². The van der Waals surface area contributed by atoms with E-state index in [4.69, 9.17) is 22.5 Å². The van der Waals surface area contributed by atoms with Gasteiger partial charge in [0, 0.05) is 24.5 Å². The van der Waals surface area contributed by atoms with Crippen molar-refractivity contribution in [3.8, 4) is 0 Å². The number of hydrogen-bond donors (Lipinski definition) is 2. The highest BCUT2D eigenvalue weighted by Gasteiger charge is 2.19. The molecule has 0 aliphatic rings. The molecule has 0 amide bonds. The predicted octanol–water partition coefficient (Wildman–Crippen LogP) is 3.01. The molecule has 0 heterocycles. The molecule has 0 aliphatic carbocycles. The van der Waals surface area contributed by atoms with Crippen LogP contribution < -0.4 is 10.6 Å². The lowest BCUT2D eigenvalue weighted by Gasteiger charge is -2.30. The summed E-state index contributed by atoms with van der Waals surface area (Å²) in [6.07, 6.45) is 3.10. The molecule has 4 nitrogen and oxygen atoms in total. The topological polar surface area (TPSA) is 61.8 Å². The largest absolute Gasteiger partial charge is 0.409 e. The fraction of sp³-hybridized carbons (Fsp3) is 0.462. The third kappa shape index (κ3) is 3.70. The van der Waals surface area contributed by atoms with Crippen LogP contribution in [0.1, 0.15) is 18.9 Å².